The van der Waals surface area contributed by atoms with Crippen LogP contribution in [-0.2, 0) is 19.8 Å². The molecule has 4 aromatic carbocycles. The van der Waals surface area contributed by atoms with Crippen molar-refractivity contribution in [2.24, 2.45) is 0 Å². The van der Waals surface area contributed by atoms with E-state index in [1.807, 2.05) is 103 Å². The molecule has 0 aliphatic carbocycles. The van der Waals surface area contributed by atoms with Crippen molar-refractivity contribution in [2.45, 2.75) is 17.6 Å². The van der Waals surface area contributed by atoms with E-state index >= 15 is 0 Å². The third-order valence-corrected chi connectivity index (χ3v) is 7.01. The molecule has 6 rings (SSSR count). The summed E-state index contributed by atoms with van der Waals surface area (Å²) in [6.45, 7) is 0. The first-order valence-electron chi connectivity index (χ1n) is 11.8. The number of anilines is 2. The maximum absolute atomic E-state index is 14.6. The molecule has 2 aliphatic rings. The van der Waals surface area contributed by atoms with Gasteiger partial charge in [-0.15, -0.1) is 0 Å². The summed E-state index contributed by atoms with van der Waals surface area (Å²) >= 11 is 0. The fraction of sp³-hybridized carbons (Fsp3) is 0.133. The third-order valence-electron chi connectivity index (χ3n) is 7.01. The molecule has 0 N–H and O–H groups in total. The number of para-hydroxylation sites is 2. The van der Waals surface area contributed by atoms with Gasteiger partial charge in [0.05, 0.1) is 18.5 Å². The van der Waals surface area contributed by atoms with Gasteiger partial charge in [-0.3, -0.25) is 14.4 Å². The van der Waals surface area contributed by atoms with Crippen LogP contribution in [0.3, 0.4) is 0 Å². The maximum Gasteiger partial charge on any atom is 0.267 e. The van der Waals surface area contributed by atoms with Crippen LogP contribution in [0.15, 0.2) is 115 Å². The Labute approximate surface area is 209 Å². The van der Waals surface area contributed by atoms with Gasteiger partial charge in [-0.2, -0.15) is 0 Å². The lowest BCUT2D eigenvalue weighted by atomic mass is 9.69. The number of amides is 2. The number of rotatable bonds is 5. The summed E-state index contributed by atoms with van der Waals surface area (Å²) < 4.78 is 5.38. The number of methoxy groups -OCH3 is 1. The number of ether oxygens (including phenoxy) is 1. The summed E-state index contributed by atoms with van der Waals surface area (Å²) in [6, 6.07) is 35.1. The van der Waals surface area contributed by atoms with Crippen LogP contribution in [0.1, 0.15) is 17.2 Å². The molecule has 0 saturated carbocycles. The topological polar surface area (TPSA) is 59.1 Å². The van der Waals surface area contributed by atoms with Crippen LogP contribution in [0, 0.1) is 0 Å². The molecule has 3 atom stereocenters. The standard InChI is InChI=1S/C30H24N2O4/c1-35-25-19-17-21(18-20-25)26-30(22-11-5-2-6-12-22)27(36-32(26)24-15-9-4-10-16-24)28(33)31(29(30)34)23-13-7-3-8-14-23/h2-20,26-27H,1H3. The number of hydrogen-bond acceptors (Lipinski definition) is 5. The minimum absolute atomic E-state index is 0.311. The molecule has 4 aromatic rings. The van der Waals surface area contributed by atoms with Gasteiger partial charge in [0.25, 0.3) is 5.91 Å². The van der Waals surface area contributed by atoms with Gasteiger partial charge in [0.2, 0.25) is 5.91 Å². The lowest BCUT2D eigenvalue weighted by Gasteiger charge is -2.35. The second kappa shape index (κ2) is 8.66. The first kappa shape index (κ1) is 22.1. The van der Waals surface area contributed by atoms with Crippen LogP contribution in [0.2, 0.25) is 0 Å². The predicted octanol–water partition coefficient (Wildman–Crippen LogP) is 5.07. The summed E-state index contributed by atoms with van der Waals surface area (Å²) in [7, 11) is 1.61. The number of hydrogen-bond donors (Lipinski definition) is 0. The SMILES string of the molecule is COc1ccc(C2N(c3ccccc3)OC3C(=O)N(c4ccccc4)C(=O)C32c2ccccc2)cc1. The van der Waals surface area contributed by atoms with Crippen molar-refractivity contribution in [1.82, 2.24) is 0 Å². The molecule has 0 radical (unpaired) electrons. The van der Waals surface area contributed by atoms with E-state index in [1.165, 1.54) is 4.90 Å². The molecular formula is C30H24N2O4. The average molecular weight is 477 g/mol. The van der Waals surface area contributed by atoms with E-state index in [-0.39, 0.29) is 11.8 Å². The smallest absolute Gasteiger partial charge is 0.267 e. The van der Waals surface area contributed by atoms with Crippen LogP contribution in [0.25, 0.3) is 0 Å². The van der Waals surface area contributed by atoms with Crippen molar-refractivity contribution in [3.8, 4) is 5.75 Å². The van der Waals surface area contributed by atoms with Crippen molar-refractivity contribution in [3.63, 3.8) is 0 Å². The van der Waals surface area contributed by atoms with Gasteiger partial charge in [-0.1, -0.05) is 78.9 Å². The summed E-state index contributed by atoms with van der Waals surface area (Å²) in [5, 5.41) is 1.72. The second-order valence-electron chi connectivity index (χ2n) is 8.87. The molecule has 178 valence electrons. The fourth-order valence-corrected chi connectivity index (χ4v) is 5.39. The van der Waals surface area contributed by atoms with E-state index in [0.29, 0.717) is 11.4 Å². The van der Waals surface area contributed by atoms with Crippen molar-refractivity contribution >= 4 is 23.2 Å². The summed E-state index contributed by atoms with van der Waals surface area (Å²) in [5.74, 6) is 0.00937. The molecule has 36 heavy (non-hydrogen) atoms. The largest absolute Gasteiger partial charge is 0.497 e. The lowest BCUT2D eigenvalue weighted by molar-refractivity contribution is -0.126. The Kier molecular flexibility index (Phi) is 5.31. The molecule has 0 bridgehead atoms. The fourth-order valence-electron chi connectivity index (χ4n) is 5.39. The normalized spacial score (nSPS) is 23.1. The van der Waals surface area contributed by atoms with Gasteiger partial charge < -0.3 is 4.74 Å². The zero-order valence-corrected chi connectivity index (χ0v) is 19.7. The minimum atomic E-state index is -1.31. The van der Waals surface area contributed by atoms with Crippen molar-refractivity contribution in [1.29, 1.82) is 0 Å². The van der Waals surface area contributed by atoms with Crippen molar-refractivity contribution in [3.05, 3.63) is 126 Å². The number of hydroxylamine groups is 1. The lowest BCUT2D eigenvalue weighted by Crippen LogP contribution is -2.46. The molecule has 3 unspecified atom stereocenters. The van der Waals surface area contributed by atoms with E-state index in [1.54, 1.807) is 24.3 Å². The molecule has 6 nitrogen and oxygen atoms in total. The van der Waals surface area contributed by atoms with E-state index in [4.69, 9.17) is 9.57 Å². The summed E-state index contributed by atoms with van der Waals surface area (Å²) in [4.78, 5) is 36.3. The highest BCUT2D eigenvalue weighted by Crippen LogP contribution is 2.57. The van der Waals surface area contributed by atoms with Gasteiger partial charge in [-0.25, -0.2) is 9.96 Å². The highest BCUT2D eigenvalue weighted by atomic mass is 16.7. The third kappa shape index (κ3) is 3.15. The van der Waals surface area contributed by atoms with E-state index < -0.39 is 17.6 Å². The number of benzene rings is 4. The number of imide groups is 1. The van der Waals surface area contributed by atoms with Crippen molar-refractivity contribution in [2.75, 3.05) is 17.1 Å². The average Bonchev–Trinajstić information content (AvgIpc) is 3.41. The number of nitrogens with zero attached hydrogens (tertiary/aromatic N) is 2. The van der Waals surface area contributed by atoms with Gasteiger partial charge in [-0.05, 0) is 47.5 Å². The Morgan fingerprint density at radius 3 is 1.86 bits per heavy atom. The first-order chi connectivity index (χ1) is 17.7. The second-order valence-corrected chi connectivity index (χ2v) is 8.87. The predicted molar refractivity (Wildman–Crippen MR) is 137 cm³/mol. The molecule has 2 aliphatic heterocycles. The van der Waals surface area contributed by atoms with E-state index in [0.717, 1.165) is 16.8 Å². The minimum Gasteiger partial charge on any atom is -0.497 e. The zero-order valence-electron chi connectivity index (χ0n) is 19.7. The zero-order chi connectivity index (χ0) is 24.7. The quantitative estimate of drug-likeness (QED) is 0.377. The summed E-state index contributed by atoms with van der Waals surface area (Å²) in [5.41, 5.74) is 1.54. The molecule has 2 heterocycles. The Hall–Kier alpha value is -4.42. The first-order valence-corrected chi connectivity index (χ1v) is 11.8. The highest BCUT2D eigenvalue weighted by Gasteiger charge is 2.72. The molecule has 2 saturated heterocycles. The van der Waals surface area contributed by atoms with Crippen LogP contribution in [-0.4, -0.2) is 25.0 Å². The Morgan fingerprint density at radius 1 is 0.722 bits per heavy atom. The van der Waals surface area contributed by atoms with E-state index in [2.05, 4.69) is 0 Å². The van der Waals surface area contributed by atoms with Gasteiger partial charge in [0.1, 0.15) is 17.2 Å². The molecular weight excluding hydrogens is 452 g/mol. The molecule has 2 fully saturated rings. The monoisotopic (exact) mass is 476 g/mol. The van der Waals surface area contributed by atoms with Crippen molar-refractivity contribution < 1.29 is 19.2 Å². The van der Waals surface area contributed by atoms with Crippen LogP contribution in [0.5, 0.6) is 5.75 Å². The Balaban J connectivity index is 1.61. The Morgan fingerprint density at radius 2 is 1.28 bits per heavy atom. The number of carbonyl (C=O) groups is 2. The molecule has 6 heteroatoms. The number of carbonyl (C=O) groups excluding carboxylic acids is 2. The van der Waals surface area contributed by atoms with Gasteiger partial charge in [0, 0.05) is 0 Å². The van der Waals surface area contributed by atoms with Crippen LogP contribution in [0.4, 0.5) is 11.4 Å². The molecule has 0 spiro atoms. The molecule has 2 amide bonds. The van der Waals surface area contributed by atoms with Gasteiger partial charge in [0.15, 0.2) is 6.10 Å². The summed E-state index contributed by atoms with van der Waals surface area (Å²) in [6.07, 6.45) is -1.04. The number of fused-ring (bicyclic) bond motifs is 1. The molecule has 0 aromatic heterocycles. The Bertz CT molecular complexity index is 1390. The van der Waals surface area contributed by atoms with Gasteiger partial charge >= 0.3 is 0 Å². The highest BCUT2D eigenvalue weighted by molar-refractivity contribution is 6.28. The van der Waals surface area contributed by atoms with Crippen LogP contribution >= 0.6 is 0 Å². The van der Waals surface area contributed by atoms with Crippen LogP contribution < -0.4 is 14.7 Å². The maximum atomic E-state index is 14.6. The van der Waals surface area contributed by atoms with E-state index in [9.17, 15) is 9.59 Å².